The van der Waals surface area contributed by atoms with Crippen LogP contribution in [0.4, 0.5) is 4.79 Å². The van der Waals surface area contributed by atoms with E-state index in [0.717, 1.165) is 43.3 Å². The standard InChI is InChI=1S/C33H59N3O3/c1-5-6-7-8-9-10-11-12-13-14-15-16-17-18-21-25-33(2,35-29-37)31-24-20-19-23-30(31)28-39-32(38)34-26-22-27-36(3)4/h19-20,23-24,29H,5-18,21-22,25-28H2,1-4H3,(H,34,38)(H,35,37). The maximum absolute atomic E-state index is 12.2. The Morgan fingerprint density at radius 1 is 0.846 bits per heavy atom. The number of carbonyl (C=O) groups excluding carboxylic acids is 2. The summed E-state index contributed by atoms with van der Waals surface area (Å²) in [5.41, 5.74) is 1.46. The summed E-state index contributed by atoms with van der Waals surface area (Å²) in [5, 5.41) is 5.88. The average molecular weight is 546 g/mol. The maximum atomic E-state index is 12.2. The van der Waals surface area contributed by atoms with Crippen molar-refractivity contribution in [1.82, 2.24) is 15.5 Å². The van der Waals surface area contributed by atoms with Crippen molar-refractivity contribution < 1.29 is 14.3 Å². The lowest BCUT2D eigenvalue weighted by Crippen LogP contribution is -2.39. The van der Waals surface area contributed by atoms with Gasteiger partial charge in [-0.2, -0.15) is 0 Å². The highest BCUT2D eigenvalue weighted by Crippen LogP contribution is 2.30. The minimum Gasteiger partial charge on any atom is -0.445 e. The summed E-state index contributed by atoms with van der Waals surface area (Å²) in [6.07, 6.45) is 22.1. The van der Waals surface area contributed by atoms with Crippen LogP contribution in [-0.4, -0.2) is 44.6 Å². The number of hydrogen-bond donors (Lipinski definition) is 2. The lowest BCUT2D eigenvalue weighted by Gasteiger charge is -2.32. The molecule has 224 valence electrons. The third-order valence-electron chi connectivity index (χ3n) is 7.68. The van der Waals surface area contributed by atoms with E-state index in [-0.39, 0.29) is 6.61 Å². The molecule has 0 radical (unpaired) electrons. The van der Waals surface area contributed by atoms with Crippen LogP contribution in [0, 0.1) is 0 Å². The zero-order valence-electron chi connectivity index (χ0n) is 25.7. The number of nitrogens with zero attached hydrogens (tertiary/aromatic N) is 1. The van der Waals surface area contributed by atoms with Crippen molar-refractivity contribution in [1.29, 1.82) is 0 Å². The zero-order valence-corrected chi connectivity index (χ0v) is 25.7. The van der Waals surface area contributed by atoms with E-state index in [0.29, 0.717) is 6.54 Å². The monoisotopic (exact) mass is 545 g/mol. The summed E-state index contributed by atoms with van der Waals surface area (Å²) < 4.78 is 5.50. The van der Waals surface area contributed by atoms with Gasteiger partial charge in [0.1, 0.15) is 6.61 Å². The fourth-order valence-corrected chi connectivity index (χ4v) is 5.23. The average Bonchev–Trinajstić information content (AvgIpc) is 2.92. The largest absolute Gasteiger partial charge is 0.445 e. The lowest BCUT2D eigenvalue weighted by molar-refractivity contribution is -0.111. The van der Waals surface area contributed by atoms with Gasteiger partial charge in [0.05, 0.1) is 5.54 Å². The van der Waals surface area contributed by atoms with E-state index in [4.69, 9.17) is 4.74 Å². The highest BCUT2D eigenvalue weighted by molar-refractivity contribution is 5.67. The second-order valence-corrected chi connectivity index (χ2v) is 11.6. The molecule has 2 N–H and O–H groups in total. The molecule has 1 rings (SSSR count). The van der Waals surface area contributed by atoms with Crippen LogP contribution < -0.4 is 10.6 Å². The number of amides is 2. The Kier molecular flexibility index (Phi) is 20.3. The molecule has 0 heterocycles. The number of carbonyl (C=O) groups is 2. The molecule has 0 spiro atoms. The molecule has 0 fully saturated rings. The SMILES string of the molecule is CCCCCCCCCCCCCCCCCC(C)(NC=O)c1ccccc1COC(=O)NCCCN(C)C. The topological polar surface area (TPSA) is 70.7 Å². The first-order valence-electron chi connectivity index (χ1n) is 15.8. The second-order valence-electron chi connectivity index (χ2n) is 11.6. The summed E-state index contributed by atoms with van der Waals surface area (Å²) in [5.74, 6) is 0. The maximum Gasteiger partial charge on any atom is 0.407 e. The molecule has 2 amide bonds. The van der Waals surface area contributed by atoms with Crippen molar-refractivity contribution in [3.05, 3.63) is 35.4 Å². The molecule has 1 aromatic rings. The normalized spacial score (nSPS) is 12.7. The number of alkyl carbamates (subject to hydrolysis) is 1. The third-order valence-corrected chi connectivity index (χ3v) is 7.68. The van der Waals surface area contributed by atoms with Gasteiger partial charge in [-0.1, -0.05) is 128 Å². The van der Waals surface area contributed by atoms with E-state index >= 15 is 0 Å². The van der Waals surface area contributed by atoms with Crippen LogP contribution in [0.1, 0.15) is 134 Å². The van der Waals surface area contributed by atoms with Crippen molar-refractivity contribution in [3.8, 4) is 0 Å². The Morgan fingerprint density at radius 3 is 1.92 bits per heavy atom. The van der Waals surface area contributed by atoms with Crippen LogP contribution in [0.3, 0.4) is 0 Å². The summed E-state index contributed by atoms with van der Waals surface area (Å²) in [7, 11) is 4.03. The van der Waals surface area contributed by atoms with Crippen molar-refractivity contribution in [2.45, 2.75) is 135 Å². The van der Waals surface area contributed by atoms with Crippen molar-refractivity contribution in [2.75, 3.05) is 27.2 Å². The highest BCUT2D eigenvalue weighted by Gasteiger charge is 2.28. The van der Waals surface area contributed by atoms with E-state index in [1.807, 2.05) is 38.4 Å². The molecule has 1 aromatic carbocycles. The predicted octanol–water partition coefficient (Wildman–Crippen LogP) is 8.09. The Morgan fingerprint density at radius 2 is 1.38 bits per heavy atom. The Labute approximate surface area is 240 Å². The van der Waals surface area contributed by atoms with Gasteiger partial charge in [0.25, 0.3) is 0 Å². The third kappa shape index (κ3) is 17.3. The van der Waals surface area contributed by atoms with Crippen molar-refractivity contribution >= 4 is 12.5 Å². The Balaban J connectivity index is 2.32. The highest BCUT2D eigenvalue weighted by atomic mass is 16.5. The molecular weight excluding hydrogens is 486 g/mol. The predicted molar refractivity (Wildman–Crippen MR) is 164 cm³/mol. The van der Waals surface area contributed by atoms with E-state index in [9.17, 15) is 9.59 Å². The molecule has 1 atom stereocenters. The first-order chi connectivity index (χ1) is 18.9. The number of benzene rings is 1. The summed E-state index contributed by atoms with van der Waals surface area (Å²) in [4.78, 5) is 25.8. The molecule has 0 saturated heterocycles. The molecule has 39 heavy (non-hydrogen) atoms. The molecular formula is C33H59N3O3. The van der Waals surface area contributed by atoms with E-state index in [1.165, 1.54) is 89.9 Å². The molecule has 0 bridgehead atoms. The van der Waals surface area contributed by atoms with Gasteiger partial charge in [0, 0.05) is 6.54 Å². The van der Waals surface area contributed by atoms with Gasteiger partial charge < -0.3 is 20.3 Å². The van der Waals surface area contributed by atoms with Gasteiger partial charge in [-0.3, -0.25) is 4.79 Å². The van der Waals surface area contributed by atoms with E-state index < -0.39 is 11.6 Å². The minimum absolute atomic E-state index is 0.185. The first kappa shape index (κ1) is 34.9. The van der Waals surface area contributed by atoms with Crippen LogP contribution >= 0.6 is 0 Å². The van der Waals surface area contributed by atoms with Crippen molar-refractivity contribution in [2.24, 2.45) is 0 Å². The van der Waals surface area contributed by atoms with Crippen LogP contribution in [0.2, 0.25) is 0 Å². The summed E-state index contributed by atoms with van der Waals surface area (Å²) in [6.45, 7) is 6.04. The van der Waals surface area contributed by atoms with E-state index in [2.05, 4.69) is 29.4 Å². The lowest BCUT2D eigenvalue weighted by atomic mass is 9.83. The van der Waals surface area contributed by atoms with E-state index in [1.54, 1.807) is 0 Å². The number of ether oxygens (including phenoxy) is 1. The molecule has 0 saturated carbocycles. The smallest absolute Gasteiger partial charge is 0.407 e. The number of rotatable bonds is 25. The fraction of sp³-hybridized carbons (Fsp3) is 0.758. The molecule has 0 aliphatic carbocycles. The van der Waals surface area contributed by atoms with Crippen LogP contribution in [0.25, 0.3) is 0 Å². The molecule has 6 heteroatoms. The van der Waals surface area contributed by atoms with Gasteiger partial charge in [-0.15, -0.1) is 0 Å². The second kappa shape index (κ2) is 22.7. The van der Waals surface area contributed by atoms with Crippen LogP contribution in [0.5, 0.6) is 0 Å². The van der Waals surface area contributed by atoms with Gasteiger partial charge in [-0.05, 0) is 51.5 Å². The molecule has 0 aliphatic rings. The van der Waals surface area contributed by atoms with Crippen molar-refractivity contribution in [3.63, 3.8) is 0 Å². The van der Waals surface area contributed by atoms with Gasteiger partial charge in [0.15, 0.2) is 0 Å². The number of unbranched alkanes of at least 4 members (excludes halogenated alkanes) is 14. The van der Waals surface area contributed by atoms with Gasteiger partial charge >= 0.3 is 6.09 Å². The van der Waals surface area contributed by atoms with Gasteiger partial charge in [0.2, 0.25) is 6.41 Å². The molecule has 1 unspecified atom stereocenters. The Hall–Kier alpha value is -2.08. The Bertz CT molecular complexity index is 755. The summed E-state index contributed by atoms with van der Waals surface area (Å²) in [6, 6.07) is 7.95. The molecule has 0 aliphatic heterocycles. The summed E-state index contributed by atoms with van der Waals surface area (Å²) >= 11 is 0. The number of nitrogens with one attached hydrogen (secondary N) is 2. The molecule has 6 nitrogen and oxygen atoms in total. The fourth-order valence-electron chi connectivity index (χ4n) is 5.23. The number of hydrogen-bond acceptors (Lipinski definition) is 4. The quantitative estimate of drug-likeness (QED) is 0.0962. The molecule has 0 aromatic heterocycles. The van der Waals surface area contributed by atoms with Crippen LogP contribution in [0.15, 0.2) is 24.3 Å². The zero-order chi connectivity index (χ0) is 28.6. The van der Waals surface area contributed by atoms with Crippen LogP contribution in [-0.2, 0) is 21.7 Å². The minimum atomic E-state index is -0.486. The first-order valence-corrected chi connectivity index (χ1v) is 15.8. The van der Waals surface area contributed by atoms with Gasteiger partial charge in [-0.25, -0.2) is 4.79 Å².